The molecule has 0 amide bonds. The van der Waals surface area contributed by atoms with Crippen molar-refractivity contribution in [3.63, 3.8) is 0 Å². The van der Waals surface area contributed by atoms with Crippen molar-refractivity contribution >= 4 is 5.97 Å². The van der Waals surface area contributed by atoms with Gasteiger partial charge in [-0.1, -0.05) is 18.2 Å². The van der Waals surface area contributed by atoms with Crippen LogP contribution in [0, 0.1) is 0 Å². The SMILES string of the molecule is C=CC[C@@](N)(C(=O)OC)c1ccc(OC)cc1. The number of esters is 1. The van der Waals surface area contributed by atoms with E-state index in [2.05, 4.69) is 6.58 Å². The Morgan fingerprint density at radius 2 is 2.00 bits per heavy atom. The third kappa shape index (κ3) is 2.65. The minimum Gasteiger partial charge on any atom is -0.497 e. The molecular weight excluding hydrogens is 218 g/mol. The molecule has 0 fully saturated rings. The van der Waals surface area contributed by atoms with Crippen LogP contribution in [0.25, 0.3) is 0 Å². The van der Waals surface area contributed by atoms with Gasteiger partial charge in [-0.15, -0.1) is 6.58 Å². The molecule has 0 bridgehead atoms. The maximum absolute atomic E-state index is 11.8. The number of hydrogen-bond acceptors (Lipinski definition) is 4. The van der Waals surface area contributed by atoms with E-state index in [0.29, 0.717) is 17.7 Å². The van der Waals surface area contributed by atoms with Crippen molar-refractivity contribution in [1.29, 1.82) is 0 Å². The van der Waals surface area contributed by atoms with Gasteiger partial charge in [0, 0.05) is 0 Å². The van der Waals surface area contributed by atoms with Crippen LogP contribution in [0.15, 0.2) is 36.9 Å². The molecule has 0 spiro atoms. The van der Waals surface area contributed by atoms with Gasteiger partial charge in [0.1, 0.15) is 11.3 Å². The van der Waals surface area contributed by atoms with E-state index in [1.807, 2.05) is 0 Å². The second-order valence-electron chi connectivity index (χ2n) is 3.68. The van der Waals surface area contributed by atoms with Gasteiger partial charge in [-0.3, -0.25) is 0 Å². The molecule has 0 unspecified atom stereocenters. The summed E-state index contributed by atoms with van der Waals surface area (Å²) in [7, 11) is 2.89. The van der Waals surface area contributed by atoms with Gasteiger partial charge in [0.05, 0.1) is 14.2 Å². The number of carbonyl (C=O) groups excluding carboxylic acids is 1. The molecule has 1 rings (SSSR count). The molecular formula is C13H17NO3. The highest BCUT2D eigenvalue weighted by molar-refractivity contribution is 5.82. The topological polar surface area (TPSA) is 61.6 Å². The van der Waals surface area contributed by atoms with E-state index in [1.165, 1.54) is 7.11 Å². The van der Waals surface area contributed by atoms with Crippen LogP contribution in [0.2, 0.25) is 0 Å². The van der Waals surface area contributed by atoms with Gasteiger partial charge in [0.2, 0.25) is 0 Å². The highest BCUT2D eigenvalue weighted by atomic mass is 16.5. The van der Waals surface area contributed by atoms with Crippen LogP contribution in [0.3, 0.4) is 0 Å². The number of ether oxygens (including phenoxy) is 2. The second kappa shape index (κ2) is 5.50. The third-order valence-corrected chi connectivity index (χ3v) is 2.62. The van der Waals surface area contributed by atoms with Crippen molar-refractivity contribution in [2.45, 2.75) is 12.0 Å². The third-order valence-electron chi connectivity index (χ3n) is 2.62. The Morgan fingerprint density at radius 3 is 2.41 bits per heavy atom. The monoisotopic (exact) mass is 235 g/mol. The van der Waals surface area contributed by atoms with Gasteiger partial charge in [0.25, 0.3) is 0 Å². The summed E-state index contributed by atoms with van der Waals surface area (Å²) in [4.78, 5) is 11.8. The first kappa shape index (κ1) is 13.3. The van der Waals surface area contributed by atoms with E-state index < -0.39 is 11.5 Å². The predicted octanol–water partition coefficient (Wildman–Crippen LogP) is 1.60. The average Bonchev–Trinajstić information content (AvgIpc) is 2.38. The molecule has 0 aromatic heterocycles. The zero-order chi connectivity index (χ0) is 12.9. The van der Waals surface area contributed by atoms with Gasteiger partial charge in [-0.05, 0) is 24.1 Å². The van der Waals surface area contributed by atoms with Crippen LogP contribution in [-0.2, 0) is 15.1 Å². The smallest absolute Gasteiger partial charge is 0.330 e. The largest absolute Gasteiger partial charge is 0.497 e. The van der Waals surface area contributed by atoms with E-state index in [9.17, 15) is 4.79 Å². The Hall–Kier alpha value is -1.81. The lowest BCUT2D eigenvalue weighted by molar-refractivity contribution is -0.147. The first-order valence-corrected chi connectivity index (χ1v) is 5.21. The summed E-state index contributed by atoms with van der Waals surface area (Å²) in [5.74, 6) is 0.224. The van der Waals surface area contributed by atoms with Crippen molar-refractivity contribution in [1.82, 2.24) is 0 Å². The van der Waals surface area contributed by atoms with Gasteiger partial charge < -0.3 is 15.2 Å². The molecule has 1 atom stereocenters. The molecule has 0 heterocycles. The van der Waals surface area contributed by atoms with Crippen LogP contribution in [0.4, 0.5) is 0 Å². The van der Waals surface area contributed by atoms with E-state index in [0.717, 1.165) is 0 Å². The number of nitrogens with two attached hydrogens (primary N) is 1. The molecule has 17 heavy (non-hydrogen) atoms. The number of benzene rings is 1. The van der Waals surface area contributed by atoms with Crippen LogP contribution in [0.1, 0.15) is 12.0 Å². The molecule has 0 aliphatic carbocycles. The van der Waals surface area contributed by atoms with E-state index >= 15 is 0 Å². The first-order valence-electron chi connectivity index (χ1n) is 5.21. The Morgan fingerprint density at radius 1 is 1.41 bits per heavy atom. The van der Waals surface area contributed by atoms with Gasteiger partial charge in [0.15, 0.2) is 0 Å². The summed E-state index contributed by atoms with van der Waals surface area (Å²) in [6, 6.07) is 7.00. The van der Waals surface area contributed by atoms with Crippen molar-refractivity contribution in [2.24, 2.45) is 5.73 Å². The highest BCUT2D eigenvalue weighted by Crippen LogP contribution is 2.26. The minimum atomic E-state index is -1.19. The molecule has 92 valence electrons. The molecule has 4 heteroatoms. The lowest BCUT2D eigenvalue weighted by atomic mass is 9.87. The maximum Gasteiger partial charge on any atom is 0.330 e. The summed E-state index contributed by atoms with van der Waals surface area (Å²) in [5, 5.41) is 0. The fourth-order valence-corrected chi connectivity index (χ4v) is 1.62. The minimum absolute atomic E-state index is 0.312. The molecule has 0 saturated carbocycles. The van der Waals surface area contributed by atoms with Gasteiger partial charge >= 0.3 is 5.97 Å². The van der Waals surface area contributed by atoms with Crippen molar-refractivity contribution in [3.05, 3.63) is 42.5 Å². The fraction of sp³-hybridized carbons (Fsp3) is 0.308. The van der Waals surface area contributed by atoms with Crippen molar-refractivity contribution < 1.29 is 14.3 Å². The highest BCUT2D eigenvalue weighted by Gasteiger charge is 2.35. The maximum atomic E-state index is 11.8. The normalized spacial score (nSPS) is 13.6. The van der Waals surface area contributed by atoms with Gasteiger partial charge in [-0.2, -0.15) is 0 Å². The standard InChI is InChI=1S/C13H17NO3/c1-4-9-13(14,12(15)17-3)10-5-7-11(16-2)8-6-10/h4-8H,1,9,14H2,2-3H3/t13-/m0/s1. The molecule has 1 aromatic rings. The van der Waals surface area contributed by atoms with Crippen molar-refractivity contribution in [3.8, 4) is 5.75 Å². The number of hydrogen-bond donors (Lipinski definition) is 1. The quantitative estimate of drug-likeness (QED) is 0.622. The second-order valence-corrected chi connectivity index (χ2v) is 3.68. The van der Waals surface area contributed by atoms with Crippen LogP contribution in [-0.4, -0.2) is 20.2 Å². The van der Waals surface area contributed by atoms with Crippen molar-refractivity contribution in [2.75, 3.05) is 14.2 Å². The molecule has 0 aliphatic heterocycles. The van der Waals surface area contributed by atoms with E-state index in [4.69, 9.17) is 15.2 Å². The number of methoxy groups -OCH3 is 2. The summed E-state index contributed by atoms with van der Waals surface area (Å²) >= 11 is 0. The molecule has 1 aromatic carbocycles. The van der Waals surface area contributed by atoms with Gasteiger partial charge in [-0.25, -0.2) is 4.79 Å². The Bertz CT molecular complexity index is 400. The number of carbonyl (C=O) groups is 1. The summed E-state index contributed by atoms with van der Waals surface area (Å²) in [6.45, 7) is 3.61. The zero-order valence-corrected chi connectivity index (χ0v) is 10.1. The molecule has 0 aliphatic rings. The molecule has 0 saturated heterocycles. The fourth-order valence-electron chi connectivity index (χ4n) is 1.62. The molecule has 0 radical (unpaired) electrons. The zero-order valence-electron chi connectivity index (χ0n) is 10.1. The summed E-state index contributed by atoms with van der Waals surface area (Å²) in [6.07, 6.45) is 1.91. The molecule has 4 nitrogen and oxygen atoms in total. The van der Waals surface area contributed by atoms with Crippen LogP contribution in [0.5, 0.6) is 5.75 Å². The summed E-state index contributed by atoms with van der Waals surface area (Å²) in [5.41, 5.74) is 5.57. The Kier molecular flexibility index (Phi) is 4.29. The lowest BCUT2D eigenvalue weighted by Crippen LogP contribution is -2.45. The molecule has 2 N–H and O–H groups in total. The van der Waals surface area contributed by atoms with E-state index in [1.54, 1.807) is 37.5 Å². The Balaban J connectivity index is 3.12. The van der Waals surface area contributed by atoms with Crippen LogP contribution >= 0.6 is 0 Å². The van der Waals surface area contributed by atoms with Crippen LogP contribution < -0.4 is 10.5 Å². The lowest BCUT2D eigenvalue weighted by Gasteiger charge is -2.25. The summed E-state index contributed by atoms with van der Waals surface area (Å²) < 4.78 is 9.79. The average molecular weight is 235 g/mol. The van der Waals surface area contributed by atoms with E-state index in [-0.39, 0.29) is 0 Å². The Labute approximate surface area is 101 Å². The number of rotatable bonds is 5. The predicted molar refractivity (Wildman–Crippen MR) is 65.7 cm³/mol. The first-order chi connectivity index (χ1) is 8.08.